The molecule has 0 radical (unpaired) electrons. The molecule has 0 aliphatic rings. The minimum Gasteiger partial charge on any atom is -0.493 e. The van der Waals surface area contributed by atoms with Crippen molar-refractivity contribution in [1.82, 2.24) is 15.0 Å². The van der Waals surface area contributed by atoms with Crippen LogP contribution in [0.2, 0.25) is 0 Å². The second-order valence-corrected chi connectivity index (χ2v) is 9.59. The summed E-state index contributed by atoms with van der Waals surface area (Å²) in [5, 5.41) is 4.30. The quantitative estimate of drug-likeness (QED) is 0.0670. The summed E-state index contributed by atoms with van der Waals surface area (Å²) >= 11 is 2.10. The first-order valence-corrected chi connectivity index (χ1v) is 13.5. The van der Waals surface area contributed by atoms with E-state index >= 15 is 0 Å². The van der Waals surface area contributed by atoms with Crippen LogP contribution in [-0.4, -0.2) is 34.2 Å². The predicted molar refractivity (Wildman–Crippen MR) is 165 cm³/mol. The number of aromatic amines is 2. The second-order valence-electron chi connectivity index (χ2n) is 8.43. The van der Waals surface area contributed by atoms with E-state index in [1.165, 1.54) is 7.11 Å². The van der Waals surface area contributed by atoms with Gasteiger partial charge in [-0.2, -0.15) is 10.1 Å². The zero-order chi connectivity index (χ0) is 28.4. The van der Waals surface area contributed by atoms with E-state index in [0.29, 0.717) is 39.8 Å². The average Bonchev–Trinajstić information content (AvgIpc) is 2.99. The molecule has 204 valence electrons. The van der Waals surface area contributed by atoms with Gasteiger partial charge in [-0.15, -0.1) is 0 Å². The molecule has 0 atom stereocenters. The number of methoxy groups -OCH3 is 1. The third kappa shape index (κ3) is 7.54. The van der Waals surface area contributed by atoms with Crippen LogP contribution >= 0.6 is 22.6 Å². The highest BCUT2D eigenvalue weighted by Crippen LogP contribution is 2.29. The van der Waals surface area contributed by atoms with Crippen LogP contribution in [0.1, 0.15) is 15.9 Å². The number of rotatable bonds is 8. The summed E-state index contributed by atoms with van der Waals surface area (Å²) in [7, 11) is 1.51. The van der Waals surface area contributed by atoms with E-state index in [2.05, 4.69) is 58.1 Å². The fourth-order valence-corrected chi connectivity index (χ4v) is 4.24. The molecule has 0 bridgehead atoms. The van der Waals surface area contributed by atoms with E-state index in [9.17, 15) is 4.79 Å². The Labute approximate surface area is 248 Å². The van der Waals surface area contributed by atoms with E-state index < -0.39 is 5.97 Å². The zero-order valence-electron chi connectivity index (χ0n) is 21.8. The van der Waals surface area contributed by atoms with Crippen LogP contribution in [0.5, 0.6) is 11.5 Å². The van der Waals surface area contributed by atoms with Crippen LogP contribution in [0, 0.1) is 3.57 Å². The topological polar surface area (TPSA) is 129 Å². The van der Waals surface area contributed by atoms with Crippen molar-refractivity contribution in [3.63, 3.8) is 0 Å². The number of anilines is 1. The number of nitrogens with zero attached hydrogens (tertiary/aromatic N) is 4. The van der Waals surface area contributed by atoms with Gasteiger partial charge in [-0.25, -0.2) is 20.2 Å². The highest BCUT2D eigenvalue weighted by Gasteiger charge is 2.15. The lowest BCUT2D eigenvalue weighted by Crippen LogP contribution is -2.28. The van der Waals surface area contributed by atoms with Crippen molar-refractivity contribution in [1.29, 1.82) is 0 Å². The minimum atomic E-state index is -0.465. The van der Waals surface area contributed by atoms with Gasteiger partial charge in [-0.05, 0) is 82.8 Å². The number of H-pyrrole nitrogens is 2. The van der Waals surface area contributed by atoms with Gasteiger partial charge in [0.05, 0.1) is 30.3 Å². The van der Waals surface area contributed by atoms with E-state index in [1.54, 1.807) is 36.5 Å². The number of esters is 1. The van der Waals surface area contributed by atoms with Crippen LogP contribution in [-0.2, 0) is 0 Å². The number of para-hydroxylation sites is 2. The van der Waals surface area contributed by atoms with Crippen molar-refractivity contribution in [3.8, 4) is 11.5 Å². The van der Waals surface area contributed by atoms with Crippen LogP contribution in [0.25, 0.3) is 0 Å². The number of aromatic nitrogens is 3. The van der Waals surface area contributed by atoms with Crippen LogP contribution < -0.4 is 26.1 Å². The van der Waals surface area contributed by atoms with E-state index in [0.717, 1.165) is 14.9 Å². The Balaban J connectivity index is 1.38. The maximum Gasteiger partial charge on any atom is 0.344 e. The molecule has 1 heterocycles. The Hall–Kier alpha value is -5.04. The van der Waals surface area contributed by atoms with Crippen LogP contribution in [0.3, 0.4) is 0 Å². The Kier molecular flexibility index (Phi) is 8.96. The average molecular weight is 657 g/mol. The Morgan fingerprint density at radius 2 is 1.54 bits per heavy atom. The molecule has 0 unspecified atom stereocenters. The lowest BCUT2D eigenvalue weighted by atomic mass is 10.2. The molecule has 0 aliphatic heterocycles. The number of ether oxygens (including phenoxy) is 2. The summed E-state index contributed by atoms with van der Waals surface area (Å²) < 4.78 is 11.8. The summed E-state index contributed by atoms with van der Waals surface area (Å²) in [5.41, 5.74) is 6.33. The molecule has 3 N–H and O–H groups in total. The normalized spacial score (nSPS) is 12.0. The first kappa shape index (κ1) is 27.5. The number of benzene rings is 4. The fourth-order valence-electron chi connectivity index (χ4n) is 3.63. The number of halogens is 1. The largest absolute Gasteiger partial charge is 0.493 e. The Morgan fingerprint density at radius 3 is 2.24 bits per heavy atom. The first-order valence-electron chi connectivity index (χ1n) is 12.4. The SMILES string of the molecule is COc1cc(/C=N\Nc2nc(=Nc3ccccc3)[nH]c(=Nc3ccccc3)[nH]2)ccc1OC(=O)c1ccccc1I. The van der Waals surface area contributed by atoms with Crippen LogP contribution in [0.15, 0.2) is 118 Å². The van der Waals surface area contributed by atoms with Gasteiger partial charge in [-0.3, -0.25) is 9.97 Å². The molecule has 0 spiro atoms. The predicted octanol–water partition coefficient (Wildman–Crippen LogP) is 5.48. The second kappa shape index (κ2) is 13.3. The summed E-state index contributed by atoms with van der Waals surface area (Å²) in [6.45, 7) is 0. The molecule has 0 amide bonds. The van der Waals surface area contributed by atoms with Crippen molar-refractivity contribution < 1.29 is 14.3 Å². The molecule has 1 aromatic heterocycles. The van der Waals surface area contributed by atoms with Gasteiger partial charge in [0.1, 0.15) is 0 Å². The zero-order valence-corrected chi connectivity index (χ0v) is 23.9. The van der Waals surface area contributed by atoms with Crippen LogP contribution in [0.4, 0.5) is 17.3 Å². The number of hydrazone groups is 1. The highest BCUT2D eigenvalue weighted by atomic mass is 127. The monoisotopic (exact) mass is 657 g/mol. The highest BCUT2D eigenvalue weighted by molar-refractivity contribution is 14.1. The summed E-state index contributed by atoms with van der Waals surface area (Å²) in [4.78, 5) is 32.4. The summed E-state index contributed by atoms with van der Waals surface area (Å²) in [6.07, 6.45) is 1.59. The standard InChI is InChI=1S/C30H24IN7O3/c1-40-26-18-20(16-17-25(26)41-27(39)23-14-8-9-15-24(23)31)19-32-38-30-36-28(33-21-10-4-2-5-11-21)35-29(37-30)34-22-12-6-3-7-13-22/h2-19H,1H3,(H3,33,34,35,36,37,38)/b32-19-. The van der Waals surface area contributed by atoms with E-state index in [-0.39, 0.29) is 0 Å². The lowest BCUT2D eigenvalue weighted by molar-refractivity contribution is 0.0728. The Morgan fingerprint density at radius 1 is 0.854 bits per heavy atom. The molecule has 10 nitrogen and oxygen atoms in total. The minimum absolute atomic E-state index is 0.301. The molecule has 4 aromatic carbocycles. The summed E-state index contributed by atoms with van der Waals surface area (Å²) in [6, 6.07) is 31.3. The fraction of sp³-hybridized carbons (Fsp3) is 0.0333. The molecular weight excluding hydrogens is 633 g/mol. The lowest BCUT2D eigenvalue weighted by Gasteiger charge is -2.10. The van der Waals surface area contributed by atoms with Gasteiger partial charge >= 0.3 is 5.97 Å². The third-order valence-electron chi connectivity index (χ3n) is 5.54. The third-order valence-corrected chi connectivity index (χ3v) is 6.48. The van der Waals surface area contributed by atoms with Crippen molar-refractivity contribution in [3.05, 3.63) is 129 Å². The molecular formula is C30H24IN7O3. The number of nitrogens with one attached hydrogen (secondary N) is 3. The van der Waals surface area contributed by atoms with Gasteiger partial charge in [-0.1, -0.05) is 48.5 Å². The molecule has 0 saturated carbocycles. The molecule has 5 aromatic rings. The smallest absolute Gasteiger partial charge is 0.344 e. The Bertz CT molecular complexity index is 1750. The number of carbonyl (C=O) groups is 1. The van der Waals surface area contributed by atoms with E-state index in [4.69, 9.17) is 9.47 Å². The summed E-state index contributed by atoms with van der Waals surface area (Å²) in [5.74, 6) is 0.544. The van der Waals surface area contributed by atoms with Gasteiger partial charge < -0.3 is 9.47 Å². The molecule has 5 rings (SSSR count). The van der Waals surface area contributed by atoms with Crippen molar-refractivity contribution in [2.45, 2.75) is 0 Å². The van der Waals surface area contributed by atoms with Crippen molar-refractivity contribution >= 4 is 52.1 Å². The number of hydrogen-bond acceptors (Lipinski definition) is 8. The number of carbonyl (C=O) groups excluding carboxylic acids is 1. The molecule has 41 heavy (non-hydrogen) atoms. The van der Waals surface area contributed by atoms with Gasteiger partial charge in [0, 0.05) is 3.57 Å². The first-order chi connectivity index (χ1) is 20.1. The van der Waals surface area contributed by atoms with Gasteiger partial charge in [0.25, 0.3) is 0 Å². The van der Waals surface area contributed by atoms with Gasteiger partial charge in [0.15, 0.2) is 11.5 Å². The van der Waals surface area contributed by atoms with Gasteiger partial charge in [0.2, 0.25) is 17.2 Å². The van der Waals surface area contributed by atoms with Crippen molar-refractivity contribution in [2.24, 2.45) is 15.1 Å². The molecule has 11 heteroatoms. The molecule has 0 aliphatic carbocycles. The maximum absolute atomic E-state index is 12.7. The molecule has 0 fully saturated rings. The van der Waals surface area contributed by atoms with Crippen molar-refractivity contribution in [2.75, 3.05) is 12.5 Å². The van der Waals surface area contributed by atoms with E-state index in [1.807, 2.05) is 72.8 Å². The maximum atomic E-state index is 12.7. The number of hydrogen-bond donors (Lipinski definition) is 3. The molecule has 0 saturated heterocycles.